The fourth-order valence-corrected chi connectivity index (χ4v) is 4.28. The molecule has 1 aliphatic rings. The van der Waals surface area contributed by atoms with Gasteiger partial charge in [0.25, 0.3) is 0 Å². The zero-order valence-electron chi connectivity index (χ0n) is 11.2. The van der Waals surface area contributed by atoms with Crippen molar-refractivity contribution in [2.75, 3.05) is 19.7 Å². The van der Waals surface area contributed by atoms with Crippen LogP contribution < -0.4 is 0 Å². The van der Waals surface area contributed by atoms with Crippen LogP contribution in [-0.4, -0.2) is 48.6 Å². The van der Waals surface area contributed by atoms with Crippen molar-refractivity contribution in [2.24, 2.45) is 5.92 Å². The molecule has 8 heteroatoms. The van der Waals surface area contributed by atoms with Crippen LogP contribution in [0.1, 0.15) is 23.2 Å². The van der Waals surface area contributed by atoms with Crippen molar-refractivity contribution in [3.8, 4) is 0 Å². The molecule has 0 bridgehead atoms. The first kappa shape index (κ1) is 16.2. The standard InChI is InChI=1S/C13H16ClNO5S/c14-11-2-1-10(13(17)18)7-12(11)21(19,20)15-5-3-9(8-16)4-6-15/h1-2,7,9,16H,3-6,8H2,(H,17,18). The van der Waals surface area contributed by atoms with Crippen molar-refractivity contribution >= 4 is 27.6 Å². The maximum absolute atomic E-state index is 12.6. The second-order valence-corrected chi connectivity index (χ2v) is 7.29. The number of carboxylic acids is 1. The summed E-state index contributed by atoms with van der Waals surface area (Å²) >= 11 is 5.92. The molecule has 2 N–H and O–H groups in total. The third kappa shape index (κ3) is 3.37. The molecule has 2 rings (SSSR count). The van der Waals surface area contributed by atoms with E-state index in [1.807, 2.05) is 0 Å². The van der Waals surface area contributed by atoms with E-state index in [2.05, 4.69) is 0 Å². The van der Waals surface area contributed by atoms with Gasteiger partial charge in [0, 0.05) is 19.7 Å². The molecule has 116 valence electrons. The van der Waals surface area contributed by atoms with Gasteiger partial charge in [-0.15, -0.1) is 0 Å². The van der Waals surface area contributed by atoms with Gasteiger partial charge in [0.1, 0.15) is 4.90 Å². The van der Waals surface area contributed by atoms with Crippen LogP contribution in [0.2, 0.25) is 5.02 Å². The second kappa shape index (κ2) is 6.31. The Morgan fingerprint density at radius 3 is 2.48 bits per heavy atom. The summed E-state index contributed by atoms with van der Waals surface area (Å²) < 4.78 is 26.4. The lowest BCUT2D eigenvalue weighted by atomic mass is 10.00. The van der Waals surface area contributed by atoms with Gasteiger partial charge in [-0.25, -0.2) is 13.2 Å². The van der Waals surface area contributed by atoms with Crippen LogP contribution in [0.4, 0.5) is 0 Å². The number of rotatable bonds is 4. The summed E-state index contributed by atoms with van der Waals surface area (Å²) in [6.45, 7) is 0.630. The molecule has 0 aromatic heterocycles. The number of aliphatic hydroxyl groups excluding tert-OH is 1. The number of aliphatic hydroxyl groups is 1. The zero-order chi connectivity index (χ0) is 15.6. The van der Waals surface area contributed by atoms with Gasteiger partial charge in [-0.1, -0.05) is 11.6 Å². The lowest BCUT2D eigenvalue weighted by Gasteiger charge is -2.30. The molecule has 1 aromatic carbocycles. The lowest BCUT2D eigenvalue weighted by Crippen LogP contribution is -2.39. The van der Waals surface area contributed by atoms with Crippen LogP contribution in [-0.2, 0) is 10.0 Å². The van der Waals surface area contributed by atoms with Crippen molar-refractivity contribution in [3.05, 3.63) is 28.8 Å². The van der Waals surface area contributed by atoms with Crippen molar-refractivity contribution < 1.29 is 23.4 Å². The zero-order valence-corrected chi connectivity index (χ0v) is 12.8. The highest BCUT2D eigenvalue weighted by Gasteiger charge is 2.31. The molecule has 1 aliphatic heterocycles. The van der Waals surface area contributed by atoms with E-state index in [1.165, 1.54) is 16.4 Å². The number of piperidine rings is 1. The highest BCUT2D eigenvalue weighted by molar-refractivity contribution is 7.89. The Labute approximate surface area is 128 Å². The van der Waals surface area contributed by atoms with Gasteiger partial charge in [0.15, 0.2) is 0 Å². The molecule has 6 nitrogen and oxygen atoms in total. The van der Waals surface area contributed by atoms with Gasteiger partial charge in [-0.05, 0) is 37.0 Å². The van der Waals surface area contributed by atoms with Crippen molar-refractivity contribution in [2.45, 2.75) is 17.7 Å². The van der Waals surface area contributed by atoms with Gasteiger partial charge in [0.05, 0.1) is 10.6 Å². The predicted molar refractivity (Wildman–Crippen MR) is 77.0 cm³/mol. The molecule has 0 aliphatic carbocycles. The van der Waals surface area contributed by atoms with E-state index < -0.39 is 16.0 Å². The number of benzene rings is 1. The third-order valence-electron chi connectivity index (χ3n) is 3.63. The van der Waals surface area contributed by atoms with Crippen molar-refractivity contribution in [3.63, 3.8) is 0 Å². The number of hydrogen-bond donors (Lipinski definition) is 2. The normalized spacial score (nSPS) is 17.8. The summed E-state index contributed by atoms with van der Waals surface area (Å²) in [5.74, 6) is -1.10. The number of hydrogen-bond acceptors (Lipinski definition) is 4. The monoisotopic (exact) mass is 333 g/mol. The van der Waals surface area contributed by atoms with Crippen LogP contribution in [0.5, 0.6) is 0 Å². The summed E-state index contributed by atoms with van der Waals surface area (Å²) in [6.07, 6.45) is 1.15. The first-order valence-electron chi connectivity index (χ1n) is 6.50. The number of carbonyl (C=O) groups is 1. The quantitative estimate of drug-likeness (QED) is 0.869. The molecule has 0 spiro atoms. The minimum atomic E-state index is -3.82. The Bertz CT molecular complexity index is 638. The van der Waals surface area contributed by atoms with Crippen LogP contribution in [0.15, 0.2) is 23.1 Å². The number of aromatic carboxylic acids is 1. The number of halogens is 1. The molecule has 21 heavy (non-hydrogen) atoms. The van der Waals surface area contributed by atoms with E-state index in [4.69, 9.17) is 21.8 Å². The van der Waals surface area contributed by atoms with E-state index in [1.54, 1.807) is 0 Å². The Morgan fingerprint density at radius 2 is 1.95 bits per heavy atom. The second-order valence-electron chi connectivity index (χ2n) is 4.98. The van der Waals surface area contributed by atoms with E-state index in [0.717, 1.165) is 6.07 Å². The van der Waals surface area contributed by atoms with Crippen LogP contribution >= 0.6 is 11.6 Å². The van der Waals surface area contributed by atoms with E-state index in [-0.39, 0.29) is 28.0 Å². The average Bonchev–Trinajstić information content (AvgIpc) is 2.47. The topological polar surface area (TPSA) is 94.9 Å². The van der Waals surface area contributed by atoms with Crippen LogP contribution in [0.3, 0.4) is 0 Å². The Morgan fingerprint density at radius 1 is 1.33 bits per heavy atom. The molecule has 0 unspecified atom stereocenters. The summed E-state index contributed by atoms with van der Waals surface area (Å²) in [5, 5.41) is 18.1. The smallest absolute Gasteiger partial charge is 0.335 e. The summed E-state index contributed by atoms with van der Waals surface area (Å²) in [5.41, 5.74) is -0.122. The largest absolute Gasteiger partial charge is 0.478 e. The van der Waals surface area contributed by atoms with Gasteiger partial charge >= 0.3 is 5.97 Å². The lowest BCUT2D eigenvalue weighted by molar-refractivity contribution is 0.0696. The fraction of sp³-hybridized carbons (Fsp3) is 0.462. The Balaban J connectivity index is 2.32. The minimum absolute atomic E-state index is 0.00396. The molecule has 0 radical (unpaired) electrons. The Hall–Kier alpha value is -1.15. The maximum Gasteiger partial charge on any atom is 0.335 e. The maximum atomic E-state index is 12.6. The van der Waals surface area contributed by atoms with Crippen molar-refractivity contribution in [1.82, 2.24) is 4.31 Å². The number of sulfonamides is 1. The number of nitrogens with zero attached hydrogens (tertiary/aromatic N) is 1. The third-order valence-corrected chi connectivity index (χ3v) is 6.01. The average molecular weight is 334 g/mol. The van der Waals surface area contributed by atoms with Crippen LogP contribution in [0, 0.1) is 5.92 Å². The van der Waals surface area contributed by atoms with Gasteiger partial charge < -0.3 is 10.2 Å². The highest BCUT2D eigenvalue weighted by atomic mass is 35.5. The first-order valence-corrected chi connectivity index (χ1v) is 8.32. The summed E-state index contributed by atoms with van der Waals surface area (Å²) in [6, 6.07) is 3.62. The summed E-state index contributed by atoms with van der Waals surface area (Å²) in [7, 11) is -3.82. The molecular weight excluding hydrogens is 318 g/mol. The molecule has 1 heterocycles. The molecule has 1 fully saturated rings. The SMILES string of the molecule is O=C(O)c1ccc(Cl)c(S(=O)(=O)N2CCC(CO)CC2)c1. The van der Waals surface area contributed by atoms with Gasteiger partial charge in [0.2, 0.25) is 10.0 Å². The molecule has 1 saturated heterocycles. The number of carboxylic acid groups (broad SMARTS) is 1. The fourth-order valence-electron chi connectivity index (χ4n) is 2.31. The van der Waals surface area contributed by atoms with Gasteiger partial charge in [-0.2, -0.15) is 4.31 Å². The van der Waals surface area contributed by atoms with E-state index >= 15 is 0 Å². The predicted octanol–water partition coefficient (Wildman–Crippen LogP) is 1.43. The first-order chi connectivity index (χ1) is 9.86. The molecule has 1 aromatic rings. The van der Waals surface area contributed by atoms with Crippen LogP contribution in [0.25, 0.3) is 0 Å². The summed E-state index contributed by atoms with van der Waals surface area (Å²) in [4.78, 5) is 10.8. The van der Waals surface area contributed by atoms with Crippen molar-refractivity contribution in [1.29, 1.82) is 0 Å². The highest BCUT2D eigenvalue weighted by Crippen LogP contribution is 2.29. The molecule has 0 saturated carbocycles. The van der Waals surface area contributed by atoms with E-state index in [0.29, 0.717) is 25.9 Å². The molecule has 0 amide bonds. The van der Waals surface area contributed by atoms with E-state index in [9.17, 15) is 13.2 Å². The molecular formula is C13H16ClNO5S. The van der Waals surface area contributed by atoms with Gasteiger partial charge in [-0.3, -0.25) is 0 Å². The Kier molecular flexibility index (Phi) is 4.88. The minimum Gasteiger partial charge on any atom is -0.478 e. The molecule has 0 atom stereocenters.